The molecule has 0 aromatic carbocycles. The van der Waals surface area contributed by atoms with Gasteiger partial charge < -0.3 is 0 Å². The molecule has 5 heteroatoms. The van der Waals surface area contributed by atoms with E-state index in [1.165, 1.54) is 0 Å². The van der Waals surface area contributed by atoms with Gasteiger partial charge in [0, 0.05) is 12.8 Å². The van der Waals surface area contributed by atoms with Crippen LogP contribution in [0.1, 0.15) is 12.8 Å². The smallest absolute Gasteiger partial charge is 0.244 e. The second kappa shape index (κ2) is 3.73. The summed E-state index contributed by atoms with van der Waals surface area (Å²) in [4.78, 5) is 0. The van der Waals surface area contributed by atoms with E-state index in [0.29, 0.717) is 0 Å². The third-order valence-corrected chi connectivity index (χ3v) is 0.924. The number of alkyl halides is 5. The lowest BCUT2D eigenvalue weighted by molar-refractivity contribution is -0.0433. The van der Waals surface area contributed by atoms with Crippen LogP contribution in [0.15, 0.2) is 0 Å². The van der Waals surface area contributed by atoms with Crippen LogP contribution in [-0.4, -0.2) is 19.0 Å². The molecular weight excluding hydrogens is 155 g/mol. The van der Waals surface area contributed by atoms with Crippen molar-refractivity contribution in [1.82, 2.24) is 0 Å². The van der Waals surface area contributed by atoms with Crippen LogP contribution in [0.5, 0.6) is 0 Å². The van der Waals surface area contributed by atoms with E-state index in [4.69, 9.17) is 0 Å². The van der Waals surface area contributed by atoms with E-state index in [2.05, 4.69) is 0 Å². The van der Waals surface area contributed by atoms with E-state index in [1.54, 1.807) is 0 Å². The lowest BCUT2D eigenvalue weighted by Crippen LogP contribution is -2.19. The van der Waals surface area contributed by atoms with Gasteiger partial charge in [-0.25, -0.2) is 22.0 Å². The Balaban J connectivity index is 3.46. The summed E-state index contributed by atoms with van der Waals surface area (Å²) in [6, 6.07) is 0. The molecule has 0 nitrogen and oxygen atoms in total. The molecule has 0 aromatic rings. The summed E-state index contributed by atoms with van der Waals surface area (Å²) >= 11 is 0. The molecule has 0 atom stereocenters. The Bertz CT molecular complexity index is 90.0. The van der Waals surface area contributed by atoms with Crippen molar-refractivity contribution in [3.63, 3.8) is 0 Å². The number of hydrogen-bond acceptors (Lipinski definition) is 0. The Morgan fingerprint density at radius 2 is 1.70 bits per heavy atom. The van der Waals surface area contributed by atoms with Gasteiger partial charge in [0.25, 0.3) is 5.92 Å². The van der Waals surface area contributed by atoms with E-state index in [-0.39, 0.29) is 0 Å². The van der Waals surface area contributed by atoms with Crippen molar-refractivity contribution in [3.05, 3.63) is 0 Å². The maximum atomic E-state index is 11.8. The summed E-state index contributed by atoms with van der Waals surface area (Å²) in [7, 11) is 0. The molecule has 0 rings (SSSR count). The van der Waals surface area contributed by atoms with Gasteiger partial charge in [-0.05, 0) is 0 Å². The summed E-state index contributed by atoms with van der Waals surface area (Å²) < 4.78 is 57.3. The number of hydrogen-bond donors (Lipinski definition) is 0. The van der Waals surface area contributed by atoms with E-state index < -0.39 is 31.9 Å². The van der Waals surface area contributed by atoms with Crippen LogP contribution in [0.3, 0.4) is 0 Å². The maximum Gasteiger partial charge on any atom is 0.276 e. The highest BCUT2D eigenvalue weighted by atomic mass is 19.3. The van der Waals surface area contributed by atoms with Crippen molar-refractivity contribution in [1.29, 1.82) is 0 Å². The molecular formula is C5H7F5. The molecule has 0 heterocycles. The summed E-state index contributed by atoms with van der Waals surface area (Å²) in [5.74, 6) is -3.57. The van der Waals surface area contributed by atoms with Crippen molar-refractivity contribution < 1.29 is 22.0 Å². The maximum absolute atomic E-state index is 11.8. The fourth-order valence-electron chi connectivity index (χ4n) is 0.387. The predicted octanol–water partition coefficient (Wildman–Crippen LogP) is 2.64. The van der Waals surface area contributed by atoms with Crippen LogP contribution in [-0.2, 0) is 0 Å². The third kappa shape index (κ3) is 4.52. The van der Waals surface area contributed by atoms with E-state index in [0.717, 1.165) is 0 Å². The normalized spacial score (nSPS) is 12.6. The Hall–Kier alpha value is -0.350. The van der Waals surface area contributed by atoms with Crippen molar-refractivity contribution in [3.8, 4) is 0 Å². The van der Waals surface area contributed by atoms with Crippen LogP contribution in [0, 0.1) is 0 Å². The summed E-state index contributed by atoms with van der Waals surface area (Å²) in [6.07, 6.45) is -4.81. The Morgan fingerprint density at radius 3 is 2.00 bits per heavy atom. The van der Waals surface area contributed by atoms with Crippen molar-refractivity contribution in [2.24, 2.45) is 0 Å². The SMILES string of the molecule is FCC(F)(F)CCC(F)F. The van der Waals surface area contributed by atoms with Crippen LogP contribution >= 0.6 is 0 Å². The topological polar surface area (TPSA) is 0 Å². The molecule has 0 aromatic heterocycles. The molecule has 0 saturated heterocycles. The molecule has 0 unspecified atom stereocenters. The van der Waals surface area contributed by atoms with Gasteiger partial charge in [0.1, 0.15) is 0 Å². The molecule has 0 aliphatic carbocycles. The fraction of sp³-hybridized carbons (Fsp3) is 1.00. The quantitative estimate of drug-likeness (QED) is 0.557. The largest absolute Gasteiger partial charge is 0.276 e. The zero-order chi connectivity index (χ0) is 8.20. The first kappa shape index (κ1) is 9.65. The molecule has 62 valence electrons. The third-order valence-electron chi connectivity index (χ3n) is 0.924. The van der Waals surface area contributed by atoms with E-state index in [1.807, 2.05) is 0 Å². The van der Waals surface area contributed by atoms with Gasteiger partial charge in [0.2, 0.25) is 6.43 Å². The molecule has 0 amide bonds. The molecule has 0 N–H and O–H groups in total. The second-order valence-corrected chi connectivity index (χ2v) is 1.92. The molecule has 0 radical (unpaired) electrons. The van der Waals surface area contributed by atoms with Gasteiger partial charge in [-0.2, -0.15) is 0 Å². The minimum atomic E-state index is -3.57. The first-order valence-corrected chi connectivity index (χ1v) is 2.70. The van der Waals surface area contributed by atoms with Crippen molar-refractivity contribution in [2.75, 3.05) is 6.67 Å². The van der Waals surface area contributed by atoms with Crippen LogP contribution < -0.4 is 0 Å². The van der Waals surface area contributed by atoms with E-state index >= 15 is 0 Å². The predicted molar refractivity (Wildman–Crippen MR) is 26.2 cm³/mol. The van der Waals surface area contributed by atoms with Gasteiger partial charge in [-0.1, -0.05) is 0 Å². The molecule has 0 saturated carbocycles. The highest BCUT2D eigenvalue weighted by Gasteiger charge is 2.29. The minimum Gasteiger partial charge on any atom is -0.244 e. The monoisotopic (exact) mass is 162 g/mol. The summed E-state index contributed by atoms with van der Waals surface area (Å²) in [6.45, 7) is -1.86. The Labute approximate surface area is 55.0 Å². The summed E-state index contributed by atoms with van der Waals surface area (Å²) in [5, 5.41) is 0. The van der Waals surface area contributed by atoms with Gasteiger partial charge in [-0.15, -0.1) is 0 Å². The Kier molecular flexibility index (Phi) is 3.60. The van der Waals surface area contributed by atoms with Crippen molar-refractivity contribution >= 4 is 0 Å². The molecule has 0 aliphatic rings. The molecule has 10 heavy (non-hydrogen) atoms. The second-order valence-electron chi connectivity index (χ2n) is 1.92. The van der Waals surface area contributed by atoms with Gasteiger partial charge in [0.15, 0.2) is 6.67 Å². The average Bonchev–Trinajstić information content (AvgIpc) is 1.85. The zero-order valence-corrected chi connectivity index (χ0v) is 5.09. The average molecular weight is 162 g/mol. The highest BCUT2D eigenvalue weighted by Crippen LogP contribution is 2.22. The first-order valence-electron chi connectivity index (χ1n) is 2.70. The lowest BCUT2D eigenvalue weighted by Gasteiger charge is -2.10. The van der Waals surface area contributed by atoms with Crippen LogP contribution in [0.25, 0.3) is 0 Å². The minimum absolute atomic E-state index is 0.947. The van der Waals surface area contributed by atoms with Crippen LogP contribution in [0.2, 0.25) is 0 Å². The van der Waals surface area contributed by atoms with E-state index in [9.17, 15) is 22.0 Å². The summed E-state index contributed by atoms with van der Waals surface area (Å²) in [5.41, 5.74) is 0. The fourth-order valence-corrected chi connectivity index (χ4v) is 0.387. The van der Waals surface area contributed by atoms with Gasteiger partial charge >= 0.3 is 0 Å². The lowest BCUT2D eigenvalue weighted by atomic mass is 10.2. The molecule has 0 spiro atoms. The first-order chi connectivity index (χ1) is 4.48. The highest BCUT2D eigenvalue weighted by molar-refractivity contribution is 4.64. The standard InChI is InChI=1S/C5H7F5/c6-3-5(9,10)2-1-4(7)8/h4H,1-3H2. The van der Waals surface area contributed by atoms with Gasteiger partial charge in [-0.3, -0.25) is 0 Å². The molecule has 0 aliphatic heterocycles. The number of rotatable bonds is 4. The van der Waals surface area contributed by atoms with Gasteiger partial charge in [0.05, 0.1) is 0 Å². The molecule has 0 fully saturated rings. The zero-order valence-electron chi connectivity index (χ0n) is 5.09. The molecule has 0 bridgehead atoms. The van der Waals surface area contributed by atoms with Crippen molar-refractivity contribution in [2.45, 2.75) is 25.2 Å². The van der Waals surface area contributed by atoms with Crippen LogP contribution in [0.4, 0.5) is 22.0 Å². The Morgan fingerprint density at radius 1 is 1.20 bits per heavy atom. The number of halogens is 5.